The van der Waals surface area contributed by atoms with Crippen LogP contribution in [0.4, 0.5) is 0 Å². The van der Waals surface area contributed by atoms with E-state index in [1.807, 2.05) is 0 Å². The summed E-state index contributed by atoms with van der Waals surface area (Å²) in [4.78, 5) is 0. The molecular weight excluding hydrogens is 132 g/mol. The molecule has 0 aliphatic rings. The lowest BCUT2D eigenvalue weighted by Crippen LogP contribution is -1.58. The SMILES string of the molecule is S=c1[nH][nH]oc1=S. The summed E-state index contributed by atoms with van der Waals surface area (Å²) in [6, 6.07) is 0. The Morgan fingerprint density at radius 2 is 2.14 bits per heavy atom. The van der Waals surface area contributed by atoms with Crippen LogP contribution in [0.1, 0.15) is 0 Å². The highest BCUT2D eigenvalue weighted by molar-refractivity contribution is 7.73. The van der Waals surface area contributed by atoms with E-state index in [0.717, 1.165) is 0 Å². The Kier molecular flexibility index (Phi) is 1.07. The van der Waals surface area contributed by atoms with Crippen molar-refractivity contribution in [3.05, 3.63) is 9.35 Å². The van der Waals surface area contributed by atoms with E-state index < -0.39 is 0 Å². The highest BCUT2D eigenvalue weighted by atomic mass is 32.1. The van der Waals surface area contributed by atoms with Gasteiger partial charge in [-0.1, -0.05) is 12.2 Å². The molecule has 7 heavy (non-hydrogen) atoms. The molecule has 0 fully saturated rings. The van der Waals surface area contributed by atoms with Crippen molar-refractivity contribution < 1.29 is 4.52 Å². The number of hydrogen-bond donors (Lipinski definition) is 2. The van der Waals surface area contributed by atoms with E-state index in [2.05, 4.69) is 39.3 Å². The maximum atomic E-state index is 4.60. The molecule has 38 valence electrons. The smallest absolute Gasteiger partial charge is 0.256 e. The summed E-state index contributed by atoms with van der Waals surface area (Å²) >= 11 is 9.16. The van der Waals surface area contributed by atoms with Crippen LogP contribution in [0.25, 0.3) is 0 Å². The van der Waals surface area contributed by atoms with Crippen LogP contribution in [0.3, 0.4) is 0 Å². The molecule has 0 bridgehead atoms. The Bertz CT molecular complexity index is 218. The van der Waals surface area contributed by atoms with Crippen molar-refractivity contribution in [3.8, 4) is 0 Å². The normalized spacial score (nSPS) is 9.14. The molecule has 0 aromatic carbocycles. The van der Waals surface area contributed by atoms with E-state index in [1.165, 1.54) is 0 Å². The monoisotopic (exact) mass is 134 g/mol. The molecule has 1 heterocycles. The van der Waals surface area contributed by atoms with Crippen LogP contribution < -0.4 is 0 Å². The van der Waals surface area contributed by atoms with Crippen molar-refractivity contribution in [2.45, 2.75) is 0 Å². The van der Waals surface area contributed by atoms with Crippen LogP contribution >= 0.6 is 24.4 Å². The van der Waals surface area contributed by atoms with Crippen molar-refractivity contribution in [1.29, 1.82) is 0 Å². The number of hydrogen-bond acceptors (Lipinski definition) is 3. The van der Waals surface area contributed by atoms with Gasteiger partial charge in [-0.25, -0.2) is 0 Å². The molecular formula is C2H2N2OS2. The van der Waals surface area contributed by atoms with Crippen LogP contribution in [0.15, 0.2) is 4.52 Å². The zero-order chi connectivity index (χ0) is 5.28. The topological polar surface area (TPSA) is 44.7 Å². The lowest BCUT2D eigenvalue weighted by Gasteiger charge is -1.56. The minimum Gasteiger partial charge on any atom is -0.352 e. The second-order valence-corrected chi connectivity index (χ2v) is 1.72. The molecule has 5 heteroatoms. The van der Waals surface area contributed by atoms with Gasteiger partial charge in [0.15, 0.2) is 4.64 Å². The number of aromatic amines is 2. The van der Waals surface area contributed by atoms with Crippen LogP contribution in [0, 0.1) is 9.35 Å². The van der Waals surface area contributed by atoms with E-state index in [-0.39, 0.29) is 0 Å². The molecule has 0 spiro atoms. The van der Waals surface area contributed by atoms with Crippen molar-refractivity contribution in [2.75, 3.05) is 0 Å². The predicted molar refractivity (Wildman–Crippen MR) is 29.1 cm³/mol. The highest BCUT2D eigenvalue weighted by Gasteiger charge is 1.79. The first-order valence-corrected chi connectivity index (χ1v) is 2.38. The van der Waals surface area contributed by atoms with Gasteiger partial charge in [-0.2, -0.15) is 5.27 Å². The summed E-state index contributed by atoms with van der Waals surface area (Å²) in [7, 11) is 0. The van der Waals surface area contributed by atoms with Crippen LogP contribution in [-0.4, -0.2) is 10.4 Å². The summed E-state index contributed by atoms with van der Waals surface area (Å²) in [5.74, 6) is 0. The quantitative estimate of drug-likeness (QED) is 0.527. The fraction of sp³-hybridized carbons (Fsp3) is 0. The van der Waals surface area contributed by atoms with Crippen LogP contribution in [-0.2, 0) is 0 Å². The number of aromatic nitrogens is 2. The van der Waals surface area contributed by atoms with Gasteiger partial charge in [-0.3, -0.25) is 5.10 Å². The summed E-state index contributed by atoms with van der Waals surface area (Å²) < 4.78 is 5.23. The number of rotatable bonds is 0. The zero-order valence-corrected chi connectivity index (χ0v) is 4.86. The highest BCUT2D eigenvalue weighted by Crippen LogP contribution is 1.84. The average molecular weight is 134 g/mol. The van der Waals surface area contributed by atoms with Crippen molar-refractivity contribution in [1.82, 2.24) is 10.4 Å². The minimum absolute atomic E-state index is 0.301. The summed E-state index contributed by atoms with van der Waals surface area (Å²) in [6.07, 6.45) is 0. The first-order valence-electron chi connectivity index (χ1n) is 1.57. The Balaban J connectivity index is 3.71. The van der Waals surface area contributed by atoms with E-state index >= 15 is 0 Å². The molecule has 0 amide bonds. The summed E-state index contributed by atoms with van der Waals surface area (Å²) in [5.41, 5.74) is 0. The summed E-state index contributed by atoms with van der Waals surface area (Å²) in [5, 5.41) is 4.78. The van der Waals surface area contributed by atoms with E-state index in [0.29, 0.717) is 9.35 Å². The molecule has 2 N–H and O–H groups in total. The van der Waals surface area contributed by atoms with Gasteiger partial charge in [0.05, 0.1) is 0 Å². The molecule has 0 aliphatic heterocycles. The van der Waals surface area contributed by atoms with Gasteiger partial charge in [0, 0.05) is 0 Å². The van der Waals surface area contributed by atoms with Crippen LogP contribution in [0.2, 0.25) is 0 Å². The first kappa shape index (κ1) is 4.73. The van der Waals surface area contributed by atoms with E-state index in [9.17, 15) is 0 Å². The van der Waals surface area contributed by atoms with Gasteiger partial charge < -0.3 is 4.52 Å². The van der Waals surface area contributed by atoms with Crippen LogP contribution in [0.5, 0.6) is 0 Å². The third kappa shape index (κ3) is 0.779. The van der Waals surface area contributed by atoms with Crippen molar-refractivity contribution >= 4 is 24.4 Å². The second kappa shape index (κ2) is 1.59. The van der Waals surface area contributed by atoms with Gasteiger partial charge in [0.2, 0.25) is 0 Å². The maximum absolute atomic E-state index is 4.60. The number of H-pyrrole nitrogens is 2. The third-order valence-corrected chi connectivity index (χ3v) is 1.20. The molecule has 1 aromatic heterocycles. The zero-order valence-electron chi connectivity index (χ0n) is 3.22. The van der Waals surface area contributed by atoms with Gasteiger partial charge in [-0.15, -0.1) is 0 Å². The van der Waals surface area contributed by atoms with Gasteiger partial charge in [0.1, 0.15) is 0 Å². The Morgan fingerprint density at radius 1 is 1.43 bits per heavy atom. The maximum Gasteiger partial charge on any atom is 0.256 e. The van der Waals surface area contributed by atoms with Gasteiger partial charge in [-0.05, 0) is 12.2 Å². The molecule has 0 saturated heterocycles. The molecule has 0 atom stereocenters. The summed E-state index contributed by atoms with van der Waals surface area (Å²) in [6.45, 7) is 0. The largest absolute Gasteiger partial charge is 0.352 e. The lowest BCUT2D eigenvalue weighted by atomic mass is 11.0. The Morgan fingerprint density at radius 3 is 2.29 bits per heavy atom. The minimum atomic E-state index is 0.301. The fourth-order valence-electron chi connectivity index (χ4n) is 0.216. The average Bonchev–Trinajstić information content (AvgIpc) is 1.91. The molecule has 1 aromatic rings. The van der Waals surface area contributed by atoms with E-state index in [1.54, 1.807) is 0 Å². The molecule has 3 nitrogen and oxygen atoms in total. The second-order valence-electron chi connectivity index (χ2n) is 0.946. The third-order valence-electron chi connectivity index (χ3n) is 0.494. The Labute approximate surface area is 49.3 Å². The lowest BCUT2D eigenvalue weighted by molar-refractivity contribution is 0.383. The predicted octanol–water partition coefficient (Wildman–Crippen LogP) is 1.39. The van der Waals surface area contributed by atoms with Crippen molar-refractivity contribution in [2.24, 2.45) is 0 Å². The standard InChI is InChI=1S/C2H2N2OS2/c6-1-2(7)5-4-3-1/h4H,(H,3,6). The molecule has 1 rings (SSSR count). The molecule has 0 saturated carbocycles. The molecule has 0 unspecified atom stereocenters. The van der Waals surface area contributed by atoms with Gasteiger partial charge in [0.25, 0.3) is 4.71 Å². The number of nitrogens with one attached hydrogen (secondary N) is 2. The first-order chi connectivity index (χ1) is 3.30. The molecule has 0 aliphatic carbocycles. The van der Waals surface area contributed by atoms with Gasteiger partial charge >= 0.3 is 0 Å². The van der Waals surface area contributed by atoms with Crippen molar-refractivity contribution in [3.63, 3.8) is 0 Å². The van der Waals surface area contributed by atoms with E-state index in [4.69, 9.17) is 0 Å². The molecule has 0 radical (unpaired) electrons. The Hall–Kier alpha value is -0.420. The fourth-order valence-corrected chi connectivity index (χ4v) is 0.392.